The first-order valence-corrected chi connectivity index (χ1v) is 4.91. The average Bonchev–Trinajstić information content (AvgIpc) is 2.33. The number of aromatic amines is 1. The van der Waals surface area contributed by atoms with E-state index in [1.54, 1.807) is 18.3 Å². The summed E-state index contributed by atoms with van der Waals surface area (Å²) in [6.07, 6.45) is 3.78. The minimum Gasteiger partial charge on any atom is -0.336 e. The molecule has 6 nitrogen and oxygen atoms in total. The van der Waals surface area contributed by atoms with Crippen LogP contribution in [0.2, 0.25) is 0 Å². The van der Waals surface area contributed by atoms with Gasteiger partial charge in [-0.3, -0.25) is 4.79 Å². The van der Waals surface area contributed by atoms with Gasteiger partial charge < -0.3 is 5.32 Å². The topological polar surface area (TPSA) is 83.6 Å². The zero-order valence-electron chi connectivity index (χ0n) is 8.77. The molecule has 2 heterocycles. The number of aryl methyl sites for hydroxylation is 1. The molecule has 0 aromatic carbocycles. The van der Waals surface area contributed by atoms with Gasteiger partial charge in [0.2, 0.25) is 0 Å². The number of nitrogens with one attached hydrogen (secondary N) is 2. The third-order valence-electron chi connectivity index (χ3n) is 2.06. The van der Waals surface area contributed by atoms with E-state index in [4.69, 9.17) is 0 Å². The van der Waals surface area contributed by atoms with Crippen LogP contribution in [0.1, 0.15) is 12.6 Å². The molecule has 0 spiro atoms. The largest absolute Gasteiger partial charge is 0.336 e. The molecule has 0 aliphatic rings. The van der Waals surface area contributed by atoms with Gasteiger partial charge in [-0.1, -0.05) is 6.92 Å². The van der Waals surface area contributed by atoms with E-state index < -0.39 is 0 Å². The monoisotopic (exact) mass is 217 g/mol. The van der Waals surface area contributed by atoms with Gasteiger partial charge in [-0.2, -0.15) is 5.10 Å². The van der Waals surface area contributed by atoms with Crippen LogP contribution in [0.5, 0.6) is 0 Å². The number of H-pyrrole nitrogens is 1. The number of anilines is 2. The Morgan fingerprint density at radius 3 is 3.06 bits per heavy atom. The van der Waals surface area contributed by atoms with Crippen molar-refractivity contribution in [2.75, 3.05) is 5.32 Å². The summed E-state index contributed by atoms with van der Waals surface area (Å²) in [4.78, 5) is 19.2. The van der Waals surface area contributed by atoms with Crippen LogP contribution < -0.4 is 10.9 Å². The van der Waals surface area contributed by atoms with Gasteiger partial charge in [-0.05, 0) is 18.6 Å². The first kappa shape index (κ1) is 10.3. The fraction of sp³-hybridized carbons (Fsp3) is 0.200. The van der Waals surface area contributed by atoms with Gasteiger partial charge in [0, 0.05) is 6.20 Å². The lowest BCUT2D eigenvalue weighted by Crippen LogP contribution is -2.14. The Labute approximate surface area is 91.8 Å². The van der Waals surface area contributed by atoms with Gasteiger partial charge in [0.05, 0.1) is 5.69 Å². The molecule has 0 radical (unpaired) electrons. The van der Waals surface area contributed by atoms with Gasteiger partial charge in [0.1, 0.15) is 17.8 Å². The highest BCUT2D eigenvalue weighted by molar-refractivity contribution is 5.54. The lowest BCUT2D eigenvalue weighted by molar-refractivity contribution is 0.898. The average molecular weight is 217 g/mol. The Morgan fingerprint density at radius 2 is 2.38 bits per heavy atom. The van der Waals surface area contributed by atoms with Crippen molar-refractivity contribution < 1.29 is 0 Å². The summed E-state index contributed by atoms with van der Waals surface area (Å²) in [5, 5.41) is 9.23. The summed E-state index contributed by atoms with van der Waals surface area (Å²) in [6.45, 7) is 1.97. The zero-order valence-corrected chi connectivity index (χ0v) is 8.77. The Bertz CT molecular complexity index is 522. The lowest BCUT2D eigenvalue weighted by Gasteiger charge is -2.04. The standard InChI is InChI=1S/C10H11N5O/c1-2-7-5-8(10(16)15-14-7)13-9-3-4-11-6-12-9/h3-6H,2H2,1H3,(H,15,16)(H,11,12,13,14). The second-order valence-corrected chi connectivity index (χ2v) is 3.18. The summed E-state index contributed by atoms with van der Waals surface area (Å²) < 4.78 is 0. The molecule has 2 aromatic rings. The highest BCUT2D eigenvalue weighted by atomic mass is 16.1. The Morgan fingerprint density at radius 1 is 1.50 bits per heavy atom. The van der Waals surface area contributed by atoms with Crippen LogP contribution in [-0.4, -0.2) is 20.2 Å². The van der Waals surface area contributed by atoms with Crippen molar-refractivity contribution in [3.05, 3.63) is 40.7 Å². The molecule has 0 unspecified atom stereocenters. The van der Waals surface area contributed by atoms with Crippen LogP contribution >= 0.6 is 0 Å². The second kappa shape index (κ2) is 4.52. The molecule has 0 amide bonds. The van der Waals surface area contributed by atoms with E-state index in [9.17, 15) is 4.79 Å². The van der Waals surface area contributed by atoms with Crippen molar-refractivity contribution >= 4 is 11.5 Å². The third kappa shape index (κ3) is 2.22. The van der Waals surface area contributed by atoms with Gasteiger partial charge >= 0.3 is 0 Å². The number of nitrogens with zero attached hydrogens (tertiary/aromatic N) is 3. The van der Waals surface area contributed by atoms with E-state index in [0.29, 0.717) is 11.5 Å². The van der Waals surface area contributed by atoms with E-state index in [2.05, 4.69) is 25.5 Å². The second-order valence-electron chi connectivity index (χ2n) is 3.18. The van der Waals surface area contributed by atoms with Crippen LogP contribution in [0.3, 0.4) is 0 Å². The highest BCUT2D eigenvalue weighted by Crippen LogP contribution is 2.08. The van der Waals surface area contributed by atoms with E-state index in [-0.39, 0.29) is 5.56 Å². The molecule has 0 aliphatic heterocycles. The molecule has 0 saturated heterocycles. The van der Waals surface area contributed by atoms with Gasteiger partial charge in [0.15, 0.2) is 0 Å². The number of hydrogen-bond donors (Lipinski definition) is 2. The number of hydrogen-bond acceptors (Lipinski definition) is 5. The Kier molecular flexibility index (Phi) is 2.90. The molecule has 82 valence electrons. The van der Waals surface area contributed by atoms with Crippen molar-refractivity contribution in [1.82, 2.24) is 20.2 Å². The lowest BCUT2D eigenvalue weighted by atomic mass is 10.3. The third-order valence-corrected chi connectivity index (χ3v) is 2.06. The molecule has 16 heavy (non-hydrogen) atoms. The minimum atomic E-state index is -0.268. The van der Waals surface area contributed by atoms with Crippen molar-refractivity contribution in [2.24, 2.45) is 0 Å². The molecule has 0 aliphatic carbocycles. The molecule has 2 aromatic heterocycles. The summed E-state index contributed by atoms with van der Waals surface area (Å²) in [5.41, 5.74) is 0.984. The van der Waals surface area contributed by atoms with Crippen LogP contribution in [0.25, 0.3) is 0 Å². The molecule has 0 saturated carbocycles. The molecule has 0 bridgehead atoms. The van der Waals surface area contributed by atoms with E-state index in [1.165, 1.54) is 6.33 Å². The number of aromatic nitrogens is 4. The van der Waals surface area contributed by atoms with Crippen LogP contribution in [0.15, 0.2) is 29.5 Å². The summed E-state index contributed by atoms with van der Waals surface area (Å²) in [6, 6.07) is 3.40. The van der Waals surface area contributed by atoms with E-state index >= 15 is 0 Å². The van der Waals surface area contributed by atoms with Crippen molar-refractivity contribution in [3.63, 3.8) is 0 Å². The smallest absolute Gasteiger partial charge is 0.287 e. The minimum absolute atomic E-state index is 0.268. The van der Waals surface area contributed by atoms with Gasteiger partial charge in [0.25, 0.3) is 5.56 Å². The zero-order chi connectivity index (χ0) is 11.4. The SMILES string of the molecule is CCc1cc(Nc2ccncn2)c(=O)[nH]n1. The molecule has 0 fully saturated rings. The maximum Gasteiger partial charge on any atom is 0.287 e. The molecular formula is C10H11N5O. The summed E-state index contributed by atoms with van der Waals surface area (Å²) in [5.74, 6) is 0.578. The number of rotatable bonds is 3. The normalized spacial score (nSPS) is 10.1. The van der Waals surface area contributed by atoms with E-state index in [0.717, 1.165) is 12.1 Å². The quantitative estimate of drug-likeness (QED) is 0.796. The molecule has 6 heteroatoms. The van der Waals surface area contributed by atoms with Crippen molar-refractivity contribution in [2.45, 2.75) is 13.3 Å². The fourth-order valence-corrected chi connectivity index (χ4v) is 1.22. The molecule has 0 atom stereocenters. The maximum atomic E-state index is 11.5. The highest BCUT2D eigenvalue weighted by Gasteiger charge is 2.02. The van der Waals surface area contributed by atoms with Crippen molar-refractivity contribution in [3.8, 4) is 0 Å². The fourth-order valence-electron chi connectivity index (χ4n) is 1.22. The molecule has 2 rings (SSSR count). The van der Waals surface area contributed by atoms with Crippen LogP contribution in [0.4, 0.5) is 11.5 Å². The summed E-state index contributed by atoms with van der Waals surface area (Å²) >= 11 is 0. The van der Waals surface area contributed by atoms with Crippen LogP contribution in [-0.2, 0) is 6.42 Å². The summed E-state index contributed by atoms with van der Waals surface area (Å²) in [7, 11) is 0. The Balaban J connectivity index is 2.31. The van der Waals surface area contributed by atoms with Crippen molar-refractivity contribution in [1.29, 1.82) is 0 Å². The van der Waals surface area contributed by atoms with Crippen LogP contribution in [0, 0.1) is 0 Å². The molecule has 2 N–H and O–H groups in total. The van der Waals surface area contributed by atoms with E-state index in [1.807, 2.05) is 6.92 Å². The Hall–Kier alpha value is -2.24. The predicted octanol–water partition coefficient (Wildman–Crippen LogP) is 0.866. The maximum absolute atomic E-state index is 11.5. The first-order chi connectivity index (χ1) is 7.79. The predicted molar refractivity (Wildman–Crippen MR) is 59.6 cm³/mol. The van der Waals surface area contributed by atoms with Gasteiger partial charge in [-0.25, -0.2) is 15.1 Å². The first-order valence-electron chi connectivity index (χ1n) is 4.91. The van der Waals surface area contributed by atoms with Gasteiger partial charge in [-0.15, -0.1) is 0 Å². The molecular weight excluding hydrogens is 206 g/mol.